The molecule has 0 atom stereocenters. The maximum Gasteiger partial charge on any atom is 0.248 e. The summed E-state index contributed by atoms with van der Waals surface area (Å²) in [6.07, 6.45) is 1.73. The molecule has 0 aliphatic rings. The summed E-state index contributed by atoms with van der Waals surface area (Å²) in [6, 6.07) is 17.3. The lowest BCUT2D eigenvalue weighted by Gasteiger charge is -2.04. The third-order valence-corrected chi connectivity index (χ3v) is 3.20. The average molecular weight is 263 g/mol. The fourth-order valence-electron chi connectivity index (χ4n) is 2.09. The van der Waals surface area contributed by atoms with Gasteiger partial charge in [0.15, 0.2) is 0 Å². The van der Waals surface area contributed by atoms with Crippen molar-refractivity contribution < 1.29 is 4.79 Å². The van der Waals surface area contributed by atoms with Crippen LogP contribution in [0.5, 0.6) is 0 Å². The van der Waals surface area contributed by atoms with Crippen LogP contribution in [0, 0.1) is 0 Å². The number of aromatic nitrogens is 2. The first kappa shape index (κ1) is 12.2. The summed E-state index contributed by atoms with van der Waals surface area (Å²) in [5.74, 6) is -0.411. The van der Waals surface area contributed by atoms with Crippen LogP contribution in [0.1, 0.15) is 10.4 Å². The summed E-state index contributed by atoms with van der Waals surface area (Å²) in [5.41, 5.74) is 9.95. The molecule has 0 saturated carbocycles. The Labute approximate surface area is 116 Å². The molecule has 4 heteroatoms. The van der Waals surface area contributed by atoms with Gasteiger partial charge in [0.2, 0.25) is 5.91 Å². The van der Waals surface area contributed by atoms with E-state index in [2.05, 4.69) is 10.2 Å². The van der Waals surface area contributed by atoms with E-state index in [1.54, 1.807) is 18.3 Å². The van der Waals surface area contributed by atoms with Gasteiger partial charge in [0, 0.05) is 11.8 Å². The van der Waals surface area contributed by atoms with Crippen molar-refractivity contribution in [1.82, 2.24) is 10.2 Å². The van der Waals surface area contributed by atoms with Crippen molar-refractivity contribution in [1.29, 1.82) is 0 Å². The quantitative estimate of drug-likeness (QED) is 0.762. The van der Waals surface area contributed by atoms with Crippen LogP contribution in [0.4, 0.5) is 0 Å². The number of carbonyl (C=O) groups excluding carboxylic acids is 1. The highest BCUT2D eigenvalue weighted by Crippen LogP contribution is 2.23. The first-order valence-electron chi connectivity index (χ1n) is 6.24. The van der Waals surface area contributed by atoms with Crippen molar-refractivity contribution in [3.63, 3.8) is 0 Å². The fourth-order valence-corrected chi connectivity index (χ4v) is 2.09. The third-order valence-electron chi connectivity index (χ3n) is 3.20. The summed E-state index contributed by atoms with van der Waals surface area (Å²) in [4.78, 5) is 11.0. The summed E-state index contributed by atoms with van der Waals surface area (Å²) in [6.45, 7) is 0. The van der Waals surface area contributed by atoms with Gasteiger partial charge in [-0.05, 0) is 34.9 Å². The van der Waals surface area contributed by atoms with Gasteiger partial charge >= 0.3 is 0 Å². The predicted octanol–water partition coefficient (Wildman–Crippen LogP) is 2.84. The van der Waals surface area contributed by atoms with E-state index in [9.17, 15) is 4.79 Å². The largest absolute Gasteiger partial charge is 0.366 e. The lowest BCUT2D eigenvalue weighted by atomic mass is 10.0. The molecular formula is C16H13N3O. The Bertz CT molecular complexity index is 713. The normalized spacial score (nSPS) is 10.4. The number of nitrogens with zero attached hydrogens (tertiary/aromatic N) is 1. The minimum Gasteiger partial charge on any atom is -0.366 e. The number of benzene rings is 2. The topological polar surface area (TPSA) is 71.8 Å². The Hall–Kier alpha value is -2.88. The number of hydrogen-bond acceptors (Lipinski definition) is 2. The van der Waals surface area contributed by atoms with E-state index in [1.807, 2.05) is 42.5 Å². The Morgan fingerprint density at radius 2 is 1.40 bits per heavy atom. The minimum atomic E-state index is -0.411. The van der Waals surface area contributed by atoms with Crippen molar-refractivity contribution in [2.24, 2.45) is 5.73 Å². The number of hydrogen-bond donors (Lipinski definition) is 2. The molecule has 2 aromatic carbocycles. The smallest absolute Gasteiger partial charge is 0.248 e. The molecule has 0 radical (unpaired) electrons. The van der Waals surface area contributed by atoms with E-state index < -0.39 is 5.91 Å². The summed E-state index contributed by atoms with van der Waals surface area (Å²) in [7, 11) is 0. The Morgan fingerprint density at radius 3 is 1.90 bits per heavy atom. The van der Waals surface area contributed by atoms with Gasteiger partial charge in [0.25, 0.3) is 0 Å². The number of H-pyrrole nitrogens is 1. The van der Waals surface area contributed by atoms with Gasteiger partial charge in [-0.25, -0.2) is 0 Å². The maximum atomic E-state index is 11.0. The molecule has 0 saturated heterocycles. The molecule has 1 heterocycles. The fraction of sp³-hybridized carbons (Fsp3) is 0. The predicted molar refractivity (Wildman–Crippen MR) is 78.0 cm³/mol. The van der Waals surface area contributed by atoms with Gasteiger partial charge in [-0.3, -0.25) is 9.89 Å². The SMILES string of the molecule is NC(=O)c1ccc(-c2ccc(-c3ccn[nH]3)cc2)cc1. The molecule has 3 N–H and O–H groups in total. The molecule has 0 aliphatic heterocycles. The van der Waals surface area contributed by atoms with Crippen LogP contribution < -0.4 is 5.73 Å². The van der Waals surface area contributed by atoms with E-state index >= 15 is 0 Å². The van der Waals surface area contributed by atoms with Gasteiger partial charge in [-0.2, -0.15) is 5.10 Å². The number of carbonyl (C=O) groups is 1. The second-order valence-corrected chi connectivity index (χ2v) is 4.49. The Morgan fingerprint density at radius 1 is 0.850 bits per heavy atom. The first-order chi connectivity index (χ1) is 9.74. The zero-order chi connectivity index (χ0) is 13.9. The molecule has 4 nitrogen and oxygen atoms in total. The highest BCUT2D eigenvalue weighted by Gasteiger charge is 2.03. The molecular weight excluding hydrogens is 250 g/mol. The van der Waals surface area contributed by atoms with E-state index in [-0.39, 0.29) is 0 Å². The molecule has 0 spiro atoms. The van der Waals surface area contributed by atoms with Crippen LogP contribution in [-0.2, 0) is 0 Å². The molecule has 1 aromatic heterocycles. The molecule has 3 rings (SSSR count). The van der Waals surface area contributed by atoms with Crippen molar-refractivity contribution in [2.75, 3.05) is 0 Å². The summed E-state index contributed by atoms with van der Waals surface area (Å²) in [5, 5.41) is 6.87. The summed E-state index contributed by atoms with van der Waals surface area (Å²) < 4.78 is 0. The summed E-state index contributed by atoms with van der Waals surface area (Å²) >= 11 is 0. The van der Waals surface area contributed by atoms with Gasteiger partial charge < -0.3 is 5.73 Å². The second-order valence-electron chi connectivity index (χ2n) is 4.49. The molecule has 0 unspecified atom stereocenters. The van der Waals surface area contributed by atoms with Crippen LogP contribution in [0.25, 0.3) is 22.4 Å². The van der Waals surface area contributed by atoms with Crippen molar-refractivity contribution in [2.45, 2.75) is 0 Å². The molecule has 0 aliphatic carbocycles. The molecule has 20 heavy (non-hydrogen) atoms. The van der Waals surface area contributed by atoms with Crippen LogP contribution in [0.2, 0.25) is 0 Å². The molecule has 98 valence electrons. The number of nitrogens with one attached hydrogen (secondary N) is 1. The Kier molecular flexibility index (Phi) is 3.05. The van der Waals surface area contributed by atoms with E-state index in [0.717, 1.165) is 22.4 Å². The zero-order valence-corrected chi connectivity index (χ0v) is 10.7. The molecule has 0 fully saturated rings. The van der Waals surface area contributed by atoms with E-state index in [4.69, 9.17) is 5.73 Å². The molecule has 0 bridgehead atoms. The van der Waals surface area contributed by atoms with Gasteiger partial charge in [-0.1, -0.05) is 36.4 Å². The lowest BCUT2D eigenvalue weighted by molar-refractivity contribution is 0.100. The van der Waals surface area contributed by atoms with Gasteiger partial charge in [0.05, 0.1) is 5.69 Å². The van der Waals surface area contributed by atoms with Crippen molar-refractivity contribution in [3.8, 4) is 22.4 Å². The van der Waals surface area contributed by atoms with Crippen LogP contribution >= 0.6 is 0 Å². The Balaban J connectivity index is 1.89. The average Bonchev–Trinajstić information content (AvgIpc) is 3.02. The highest BCUT2D eigenvalue weighted by atomic mass is 16.1. The maximum absolute atomic E-state index is 11.0. The number of amides is 1. The third kappa shape index (κ3) is 2.31. The van der Waals surface area contributed by atoms with Gasteiger partial charge in [-0.15, -0.1) is 0 Å². The minimum absolute atomic E-state index is 0.411. The first-order valence-corrected chi connectivity index (χ1v) is 6.24. The van der Waals surface area contributed by atoms with Crippen molar-refractivity contribution >= 4 is 5.91 Å². The highest BCUT2D eigenvalue weighted by molar-refractivity contribution is 5.93. The molecule has 1 amide bonds. The van der Waals surface area contributed by atoms with Gasteiger partial charge in [0.1, 0.15) is 0 Å². The number of rotatable bonds is 3. The lowest BCUT2D eigenvalue weighted by Crippen LogP contribution is -2.10. The second kappa shape index (κ2) is 5.01. The number of aromatic amines is 1. The number of primary amides is 1. The van der Waals surface area contributed by atoms with Crippen LogP contribution in [0.15, 0.2) is 60.8 Å². The van der Waals surface area contributed by atoms with Crippen LogP contribution in [-0.4, -0.2) is 16.1 Å². The monoisotopic (exact) mass is 263 g/mol. The van der Waals surface area contributed by atoms with Crippen LogP contribution in [0.3, 0.4) is 0 Å². The number of nitrogens with two attached hydrogens (primary N) is 1. The van der Waals surface area contributed by atoms with E-state index in [1.165, 1.54) is 0 Å². The molecule has 3 aromatic rings. The zero-order valence-electron chi connectivity index (χ0n) is 10.7. The van der Waals surface area contributed by atoms with Crippen molar-refractivity contribution in [3.05, 3.63) is 66.4 Å². The standard InChI is InChI=1S/C16H13N3O/c17-16(20)14-7-3-12(4-8-14)11-1-5-13(6-2-11)15-9-10-18-19-15/h1-10H,(H2,17,20)(H,18,19). The van der Waals surface area contributed by atoms with E-state index in [0.29, 0.717) is 5.56 Å².